The van der Waals surface area contributed by atoms with Crippen molar-refractivity contribution < 1.29 is 18.5 Å². The molecule has 0 radical (unpaired) electrons. The van der Waals surface area contributed by atoms with Crippen LogP contribution in [0.1, 0.15) is 74.7 Å². The number of aryl methyl sites for hydroxylation is 2. The Labute approximate surface area is 188 Å². The van der Waals surface area contributed by atoms with Crippen LogP contribution in [0.4, 0.5) is 10.2 Å². The molecule has 2 aromatic rings. The van der Waals surface area contributed by atoms with Crippen LogP contribution >= 0.6 is 0 Å². The Morgan fingerprint density at radius 3 is 2.94 bits per heavy atom. The van der Waals surface area contributed by atoms with E-state index in [1.165, 1.54) is 5.56 Å². The lowest BCUT2D eigenvalue weighted by atomic mass is 9.54. The van der Waals surface area contributed by atoms with Gasteiger partial charge < -0.3 is 9.84 Å². The summed E-state index contributed by atoms with van der Waals surface area (Å²) in [5.41, 5.74) is 2.20. The molecule has 5 rings (SSSR count). The number of hydrogen-bond acceptors (Lipinski definition) is 4. The molecule has 3 unspecified atom stereocenters. The molecule has 0 aliphatic heterocycles. The average molecular weight is 439 g/mol. The quantitative estimate of drug-likeness (QED) is 0.661. The Morgan fingerprint density at radius 2 is 2.16 bits per heavy atom. The zero-order chi connectivity index (χ0) is 22.5. The van der Waals surface area contributed by atoms with Gasteiger partial charge >= 0.3 is 0 Å². The monoisotopic (exact) mass is 438 g/mol. The van der Waals surface area contributed by atoms with Gasteiger partial charge in [-0.1, -0.05) is 18.1 Å². The van der Waals surface area contributed by atoms with E-state index in [2.05, 4.69) is 17.4 Å². The third kappa shape index (κ3) is 3.67. The molecule has 3 aliphatic rings. The largest absolute Gasteiger partial charge is 0.360 e. The predicted octanol–water partition coefficient (Wildman–Crippen LogP) is 5.58. The molecule has 1 aromatic carbocycles. The minimum Gasteiger partial charge on any atom is -0.360 e. The van der Waals surface area contributed by atoms with Crippen molar-refractivity contribution in [2.24, 2.45) is 23.2 Å². The molecule has 5 atom stereocenters. The summed E-state index contributed by atoms with van der Waals surface area (Å²) in [6.45, 7) is 3.96. The maximum Gasteiger partial charge on any atom is 0.225 e. The lowest BCUT2D eigenvalue weighted by Gasteiger charge is -2.50. The van der Waals surface area contributed by atoms with Gasteiger partial charge in [0.1, 0.15) is 17.4 Å². The fourth-order valence-corrected chi connectivity index (χ4v) is 7.03. The summed E-state index contributed by atoms with van der Waals surface area (Å²) in [6, 6.07) is 6.96. The molecule has 2 saturated carbocycles. The summed E-state index contributed by atoms with van der Waals surface area (Å²) in [4.78, 5) is 25.4. The fourth-order valence-electron chi connectivity index (χ4n) is 7.03. The van der Waals surface area contributed by atoms with Crippen LogP contribution in [0.25, 0.3) is 0 Å². The van der Waals surface area contributed by atoms with Crippen molar-refractivity contribution >= 4 is 17.5 Å². The molecular weight excluding hydrogens is 407 g/mol. The van der Waals surface area contributed by atoms with Crippen LogP contribution in [-0.4, -0.2) is 16.8 Å². The van der Waals surface area contributed by atoms with Crippen molar-refractivity contribution in [1.82, 2.24) is 5.16 Å². The molecule has 0 bridgehead atoms. The molecule has 6 heteroatoms. The van der Waals surface area contributed by atoms with Crippen molar-refractivity contribution in [3.63, 3.8) is 0 Å². The number of anilines is 1. The molecule has 1 aromatic heterocycles. The smallest absolute Gasteiger partial charge is 0.225 e. The second kappa shape index (κ2) is 8.13. The zero-order valence-corrected chi connectivity index (χ0v) is 18.8. The van der Waals surface area contributed by atoms with Crippen LogP contribution in [0.2, 0.25) is 0 Å². The number of rotatable bonds is 5. The number of benzene rings is 1. The van der Waals surface area contributed by atoms with Crippen molar-refractivity contribution in [2.45, 2.75) is 71.1 Å². The average Bonchev–Trinajstić information content (AvgIpc) is 3.27. The topological polar surface area (TPSA) is 72.2 Å². The first-order valence-electron chi connectivity index (χ1n) is 11.9. The van der Waals surface area contributed by atoms with Gasteiger partial charge in [0.15, 0.2) is 5.82 Å². The third-order valence-electron chi connectivity index (χ3n) is 8.41. The van der Waals surface area contributed by atoms with E-state index >= 15 is 0 Å². The van der Waals surface area contributed by atoms with Crippen LogP contribution in [0.3, 0.4) is 0 Å². The highest BCUT2D eigenvalue weighted by Gasteiger charge is 2.58. The predicted molar refractivity (Wildman–Crippen MR) is 119 cm³/mol. The zero-order valence-electron chi connectivity index (χ0n) is 18.8. The summed E-state index contributed by atoms with van der Waals surface area (Å²) < 4.78 is 18.8. The van der Waals surface area contributed by atoms with Crippen molar-refractivity contribution in [2.75, 3.05) is 5.32 Å². The number of Topliss-reactive ketones (excluding diaryl/α,β-unsaturated/α-hetero) is 1. The first-order valence-corrected chi connectivity index (χ1v) is 11.9. The van der Waals surface area contributed by atoms with Gasteiger partial charge in [-0.2, -0.15) is 0 Å². The van der Waals surface area contributed by atoms with Crippen LogP contribution < -0.4 is 5.32 Å². The summed E-state index contributed by atoms with van der Waals surface area (Å²) in [5, 5.41) is 6.59. The highest BCUT2D eigenvalue weighted by Crippen LogP contribution is 2.62. The molecule has 0 spiro atoms. The Kier molecular flexibility index (Phi) is 5.42. The number of carbonyl (C=O) groups is 2. The lowest BCUT2D eigenvalue weighted by molar-refractivity contribution is -0.129. The molecule has 0 saturated heterocycles. The lowest BCUT2D eigenvalue weighted by Crippen LogP contribution is -2.44. The second-order valence-corrected chi connectivity index (χ2v) is 10.3. The maximum atomic E-state index is 13.8. The van der Waals surface area contributed by atoms with Crippen molar-refractivity contribution in [3.05, 3.63) is 47.0 Å². The van der Waals surface area contributed by atoms with Crippen LogP contribution in [0, 0.1) is 35.9 Å². The van der Waals surface area contributed by atoms with Crippen LogP contribution in [-0.2, 0) is 16.0 Å². The SMILES string of the molecule is Cc1cc(NC(=O)CCC[C@@H]2CC(=O)[C@@]3(C)CCC4c5ccc(F)cc5CCC4C23)no1. The minimum atomic E-state index is -0.246. The minimum absolute atomic E-state index is 0.0690. The van der Waals surface area contributed by atoms with Crippen molar-refractivity contribution in [1.29, 1.82) is 0 Å². The highest BCUT2D eigenvalue weighted by molar-refractivity contribution is 5.89. The number of fused-ring (bicyclic) bond motifs is 5. The maximum absolute atomic E-state index is 13.8. The number of nitrogens with one attached hydrogen (secondary N) is 1. The van der Waals surface area contributed by atoms with E-state index < -0.39 is 0 Å². The standard InChI is InChI=1S/C26H31FN2O3/c1-15-12-23(29-32-15)28-24(31)5-3-4-17-14-22(30)26(2)11-10-20-19-9-7-18(27)13-16(19)6-8-21(20)25(17)26/h7,9,12-13,17,20-21,25H,3-6,8,10-11,14H2,1-2H3,(H,28,29,31)/t17-,20?,21?,25?,26-/m1/s1. The molecular formula is C26H31FN2O3. The van der Waals surface area contributed by atoms with Crippen LogP contribution in [0.15, 0.2) is 28.8 Å². The number of nitrogens with zero attached hydrogens (tertiary/aromatic N) is 1. The number of carbonyl (C=O) groups excluding carboxylic acids is 2. The van der Waals surface area contributed by atoms with Gasteiger partial charge in [0, 0.05) is 24.3 Å². The van der Waals surface area contributed by atoms with E-state index in [-0.39, 0.29) is 17.1 Å². The summed E-state index contributed by atoms with van der Waals surface area (Å²) in [5.74, 6) is 2.85. The van der Waals surface area contributed by atoms with E-state index in [0.29, 0.717) is 53.9 Å². The number of hydrogen-bond donors (Lipinski definition) is 1. The first-order chi connectivity index (χ1) is 15.3. The number of amides is 1. The second-order valence-electron chi connectivity index (χ2n) is 10.3. The van der Waals surface area contributed by atoms with Crippen LogP contribution in [0.5, 0.6) is 0 Å². The normalized spacial score (nSPS) is 31.0. The molecule has 2 fully saturated rings. The summed E-state index contributed by atoms with van der Waals surface area (Å²) >= 11 is 0. The Bertz CT molecular complexity index is 1050. The van der Waals surface area contributed by atoms with Crippen molar-refractivity contribution in [3.8, 4) is 0 Å². The molecule has 5 nitrogen and oxygen atoms in total. The van der Waals surface area contributed by atoms with Gasteiger partial charge in [-0.25, -0.2) is 4.39 Å². The van der Waals surface area contributed by atoms with Gasteiger partial charge in [-0.05, 0) is 92.4 Å². The molecule has 170 valence electrons. The number of ketones is 1. The molecule has 32 heavy (non-hydrogen) atoms. The van der Waals surface area contributed by atoms with Gasteiger partial charge in [0.2, 0.25) is 5.91 Å². The van der Waals surface area contributed by atoms with E-state index in [1.54, 1.807) is 25.1 Å². The van der Waals surface area contributed by atoms with E-state index in [9.17, 15) is 14.0 Å². The van der Waals surface area contributed by atoms with Gasteiger partial charge in [0.25, 0.3) is 0 Å². The Hall–Kier alpha value is -2.50. The van der Waals surface area contributed by atoms with E-state index in [1.807, 2.05) is 6.07 Å². The van der Waals surface area contributed by atoms with E-state index in [4.69, 9.17) is 4.52 Å². The molecule has 1 heterocycles. The third-order valence-corrected chi connectivity index (χ3v) is 8.41. The number of halogens is 1. The molecule has 1 amide bonds. The first kappa shape index (κ1) is 21.4. The van der Waals surface area contributed by atoms with Gasteiger partial charge in [0.05, 0.1) is 0 Å². The van der Waals surface area contributed by atoms with Gasteiger partial charge in [-0.3, -0.25) is 9.59 Å². The summed E-state index contributed by atoms with van der Waals surface area (Å²) in [7, 11) is 0. The van der Waals surface area contributed by atoms with Gasteiger partial charge in [-0.15, -0.1) is 0 Å². The fraction of sp³-hybridized carbons (Fsp3) is 0.577. The molecule has 3 aliphatic carbocycles. The molecule has 1 N–H and O–H groups in total. The number of aromatic nitrogens is 1. The Balaban J connectivity index is 1.27. The summed E-state index contributed by atoms with van der Waals surface area (Å²) in [6.07, 6.45) is 6.52. The Morgan fingerprint density at radius 1 is 1.31 bits per heavy atom. The van der Waals surface area contributed by atoms with E-state index in [0.717, 1.165) is 44.1 Å². The highest BCUT2D eigenvalue weighted by atomic mass is 19.1.